The highest BCUT2D eigenvalue weighted by atomic mass is 14.9. The molecule has 0 aliphatic heterocycles. The Morgan fingerprint density at radius 3 is 2.06 bits per heavy atom. The van der Waals surface area contributed by atoms with Gasteiger partial charge in [0.15, 0.2) is 0 Å². The minimum absolute atomic E-state index is 0.201. The summed E-state index contributed by atoms with van der Waals surface area (Å²) in [5.74, 6) is 0.960. The molecule has 0 aromatic carbocycles. The fourth-order valence-electron chi connectivity index (χ4n) is 2.06. The molecule has 102 valence electrons. The van der Waals surface area contributed by atoms with E-state index in [1.807, 2.05) is 0 Å². The highest BCUT2D eigenvalue weighted by Crippen LogP contribution is 2.13. The van der Waals surface area contributed by atoms with Crippen LogP contribution in [0, 0.1) is 13.8 Å². The topological polar surface area (TPSA) is 37.8 Å². The number of hydrogen-bond donors (Lipinski definition) is 1. The maximum Gasteiger partial charge on any atom is 0.128 e. The molecule has 0 unspecified atom stereocenters. The van der Waals surface area contributed by atoms with Crippen LogP contribution in [0.5, 0.6) is 0 Å². The van der Waals surface area contributed by atoms with Crippen LogP contribution in [0.2, 0.25) is 0 Å². The summed E-state index contributed by atoms with van der Waals surface area (Å²) in [6.45, 7) is 13.9. The summed E-state index contributed by atoms with van der Waals surface area (Å²) in [5, 5.41) is 3.51. The number of rotatable bonds is 5. The molecule has 0 amide bonds. The van der Waals surface area contributed by atoms with Gasteiger partial charge in [-0.05, 0) is 59.6 Å². The summed E-state index contributed by atoms with van der Waals surface area (Å²) < 4.78 is 0. The van der Waals surface area contributed by atoms with Gasteiger partial charge >= 0.3 is 0 Å². The number of aryl methyl sites for hydroxylation is 3. The third kappa shape index (κ3) is 4.73. The maximum absolute atomic E-state index is 4.55. The van der Waals surface area contributed by atoms with Crippen LogP contribution in [-0.4, -0.2) is 22.1 Å². The molecule has 1 aromatic heterocycles. The standard InChI is InChI=1S/C15H27N3/c1-7-14-17-11(2)13(12(3)18-14)9-8-10-16-15(4,5)6/h16H,7-10H2,1-6H3. The molecule has 0 spiro atoms. The van der Waals surface area contributed by atoms with E-state index in [4.69, 9.17) is 0 Å². The first-order chi connectivity index (χ1) is 8.33. The molecular formula is C15H27N3. The summed E-state index contributed by atoms with van der Waals surface area (Å²) >= 11 is 0. The van der Waals surface area contributed by atoms with Crippen molar-refractivity contribution >= 4 is 0 Å². The SMILES string of the molecule is CCc1nc(C)c(CCCNC(C)(C)C)c(C)n1. The van der Waals surface area contributed by atoms with Crippen molar-refractivity contribution in [1.82, 2.24) is 15.3 Å². The van der Waals surface area contributed by atoms with E-state index < -0.39 is 0 Å². The predicted molar refractivity (Wildman–Crippen MR) is 77.0 cm³/mol. The molecule has 0 aliphatic rings. The van der Waals surface area contributed by atoms with E-state index in [2.05, 4.69) is 56.8 Å². The lowest BCUT2D eigenvalue weighted by atomic mass is 10.0. The molecule has 0 atom stereocenters. The number of hydrogen-bond acceptors (Lipinski definition) is 3. The van der Waals surface area contributed by atoms with Gasteiger partial charge in [0.25, 0.3) is 0 Å². The molecule has 18 heavy (non-hydrogen) atoms. The Morgan fingerprint density at radius 2 is 1.61 bits per heavy atom. The van der Waals surface area contributed by atoms with Crippen molar-refractivity contribution in [2.24, 2.45) is 0 Å². The van der Waals surface area contributed by atoms with Crippen LogP contribution in [0.25, 0.3) is 0 Å². The molecule has 1 heterocycles. The van der Waals surface area contributed by atoms with Crippen molar-refractivity contribution in [1.29, 1.82) is 0 Å². The lowest BCUT2D eigenvalue weighted by Crippen LogP contribution is -2.36. The zero-order valence-corrected chi connectivity index (χ0v) is 12.7. The number of nitrogens with one attached hydrogen (secondary N) is 1. The second kappa shape index (κ2) is 6.28. The highest BCUT2D eigenvalue weighted by Gasteiger charge is 2.10. The average Bonchev–Trinajstić information content (AvgIpc) is 2.25. The summed E-state index contributed by atoms with van der Waals surface area (Å²) in [5.41, 5.74) is 3.82. The molecular weight excluding hydrogens is 222 g/mol. The van der Waals surface area contributed by atoms with Crippen LogP contribution in [0.1, 0.15) is 56.9 Å². The molecule has 1 N–H and O–H groups in total. The van der Waals surface area contributed by atoms with Crippen molar-refractivity contribution in [3.8, 4) is 0 Å². The zero-order valence-electron chi connectivity index (χ0n) is 12.7. The lowest BCUT2D eigenvalue weighted by molar-refractivity contribution is 0.422. The second-order valence-corrected chi connectivity index (χ2v) is 5.92. The van der Waals surface area contributed by atoms with Gasteiger partial charge in [-0.15, -0.1) is 0 Å². The Kier molecular flexibility index (Phi) is 5.27. The van der Waals surface area contributed by atoms with E-state index in [-0.39, 0.29) is 5.54 Å². The quantitative estimate of drug-likeness (QED) is 0.815. The van der Waals surface area contributed by atoms with Gasteiger partial charge in [0.05, 0.1) is 0 Å². The molecule has 0 saturated carbocycles. The van der Waals surface area contributed by atoms with Crippen LogP contribution >= 0.6 is 0 Å². The Labute approximate surface area is 111 Å². The smallest absolute Gasteiger partial charge is 0.128 e. The largest absolute Gasteiger partial charge is 0.312 e. The molecule has 3 heteroatoms. The van der Waals surface area contributed by atoms with E-state index in [0.29, 0.717) is 0 Å². The Bertz CT molecular complexity index is 368. The van der Waals surface area contributed by atoms with E-state index in [0.717, 1.165) is 43.0 Å². The third-order valence-corrected chi connectivity index (χ3v) is 3.04. The molecule has 0 saturated heterocycles. The van der Waals surface area contributed by atoms with Gasteiger partial charge < -0.3 is 5.32 Å². The lowest BCUT2D eigenvalue weighted by Gasteiger charge is -2.20. The first-order valence-electron chi connectivity index (χ1n) is 6.91. The van der Waals surface area contributed by atoms with Gasteiger partial charge in [-0.1, -0.05) is 6.92 Å². The van der Waals surface area contributed by atoms with E-state index >= 15 is 0 Å². The normalized spacial score (nSPS) is 11.9. The molecule has 0 bridgehead atoms. The summed E-state index contributed by atoms with van der Waals surface area (Å²) in [7, 11) is 0. The second-order valence-electron chi connectivity index (χ2n) is 5.92. The van der Waals surface area contributed by atoms with E-state index in [1.165, 1.54) is 5.56 Å². The maximum atomic E-state index is 4.55. The van der Waals surface area contributed by atoms with Gasteiger partial charge in [0.1, 0.15) is 5.82 Å². The van der Waals surface area contributed by atoms with Crippen LogP contribution in [0.3, 0.4) is 0 Å². The minimum Gasteiger partial charge on any atom is -0.312 e. The van der Waals surface area contributed by atoms with E-state index in [9.17, 15) is 0 Å². The number of nitrogens with zero attached hydrogens (tertiary/aromatic N) is 2. The summed E-state index contributed by atoms with van der Waals surface area (Å²) in [6, 6.07) is 0. The molecule has 0 radical (unpaired) electrons. The van der Waals surface area contributed by atoms with Crippen LogP contribution in [0.4, 0.5) is 0 Å². The first-order valence-corrected chi connectivity index (χ1v) is 6.91. The summed E-state index contributed by atoms with van der Waals surface area (Å²) in [6.07, 6.45) is 3.10. The van der Waals surface area contributed by atoms with E-state index in [1.54, 1.807) is 0 Å². The fourth-order valence-corrected chi connectivity index (χ4v) is 2.06. The summed E-state index contributed by atoms with van der Waals surface area (Å²) in [4.78, 5) is 9.10. The Morgan fingerprint density at radius 1 is 1.06 bits per heavy atom. The van der Waals surface area contributed by atoms with Gasteiger partial charge in [0, 0.05) is 23.3 Å². The van der Waals surface area contributed by atoms with Crippen molar-refractivity contribution in [3.05, 3.63) is 22.8 Å². The average molecular weight is 249 g/mol. The van der Waals surface area contributed by atoms with Crippen LogP contribution in [-0.2, 0) is 12.8 Å². The Hall–Kier alpha value is -0.960. The highest BCUT2D eigenvalue weighted by molar-refractivity contribution is 5.24. The van der Waals surface area contributed by atoms with Gasteiger partial charge in [-0.2, -0.15) is 0 Å². The van der Waals surface area contributed by atoms with Crippen LogP contribution < -0.4 is 5.32 Å². The first kappa shape index (κ1) is 15.1. The van der Waals surface area contributed by atoms with Crippen molar-refractivity contribution in [3.63, 3.8) is 0 Å². The fraction of sp³-hybridized carbons (Fsp3) is 0.733. The van der Waals surface area contributed by atoms with Gasteiger partial charge in [0.2, 0.25) is 0 Å². The Balaban J connectivity index is 2.57. The number of aromatic nitrogens is 2. The zero-order chi connectivity index (χ0) is 13.8. The van der Waals surface area contributed by atoms with Crippen molar-refractivity contribution < 1.29 is 0 Å². The molecule has 0 aliphatic carbocycles. The van der Waals surface area contributed by atoms with Crippen molar-refractivity contribution in [2.75, 3.05) is 6.54 Å². The van der Waals surface area contributed by atoms with Crippen molar-refractivity contribution in [2.45, 2.75) is 66.3 Å². The molecule has 1 aromatic rings. The van der Waals surface area contributed by atoms with Gasteiger partial charge in [-0.3, -0.25) is 0 Å². The third-order valence-electron chi connectivity index (χ3n) is 3.04. The molecule has 3 nitrogen and oxygen atoms in total. The molecule has 1 rings (SSSR count). The van der Waals surface area contributed by atoms with Crippen LogP contribution in [0.15, 0.2) is 0 Å². The minimum atomic E-state index is 0.201. The molecule has 0 fully saturated rings. The van der Waals surface area contributed by atoms with Gasteiger partial charge in [-0.25, -0.2) is 9.97 Å². The monoisotopic (exact) mass is 249 g/mol. The predicted octanol–water partition coefficient (Wildman–Crippen LogP) is 2.98.